The Morgan fingerprint density at radius 2 is 2.24 bits per heavy atom. The van der Waals surface area contributed by atoms with Crippen molar-refractivity contribution in [2.24, 2.45) is 0 Å². The van der Waals surface area contributed by atoms with Crippen LogP contribution >= 0.6 is 0 Å². The zero-order valence-electron chi connectivity index (χ0n) is 8.98. The highest BCUT2D eigenvalue weighted by atomic mass is 16.6. The number of hydrogen-bond donors (Lipinski definition) is 0. The van der Waals surface area contributed by atoms with Crippen molar-refractivity contribution in [3.63, 3.8) is 0 Å². The molecule has 0 spiro atoms. The van der Waals surface area contributed by atoms with Crippen LogP contribution in [0.4, 0.5) is 5.69 Å². The van der Waals surface area contributed by atoms with E-state index >= 15 is 0 Å². The summed E-state index contributed by atoms with van der Waals surface area (Å²) in [6.45, 7) is 0. The van der Waals surface area contributed by atoms with E-state index in [-0.39, 0.29) is 5.69 Å². The predicted octanol–water partition coefficient (Wildman–Crippen LogP) is 2.19. The summed E-state index contributed by atoms with van der Waals surface area (Å²) in [5.74, 6) is 0.705. The van der Waals surface area contributed by atoms with E-state index in [1.165, 1.54) is 12.1 Å². The monoisotopic (exact) mass is 230 g/mol. The molecule has 2 aromatic rings. The first-order chi connectivity index (χ1) is 8.25. The van der Waals surface area contributed by atoms with Gasteiger partial charge in [-0.05, 0) is 12.8 Å². The largest absolute Gasteiger partial charge is 0.310 e. The molecule has 6 heteroatoms. The average Bonchev–Trinajstić information content (AvgIpc) is 3.07. The van der Waals surface area contributed by atoms with Crippen molar-refractivity contribution in [1.82, 2.24) is 14.8 Å². The lowest BCUT2D eigenvalue weighted by molar-refractivity contribution is -0.384. The molecule has 1 aliphatic rings. The third-order valence-corrected chi connectivity index (χ3v) is 2.83. The minimum absolute atomic E-state index is 0.0767. The molecule has 0 amide bonds. The molecule has 1 saturated carbocycles. The van der Waals surface area contributed by atoms with Gasteiger partial charge >= 0.3 is 0 Å². The zero-order chi connectivity index (χ0) is 11.8. The summed E-state index contributed by atoms with van der Waals surface area (Å²) < 4.78 is 1.99. The van der Waals surface area contributed by atoms with Crippen molar-refractivity contribution in [2.75, 3.05) is 0 Å². The number of hydrogen-bond acceptors (Lipinski definition) is 4. The average molecular weight is 230 g/mol. The molecule has 0 bridgehead atoms. The quantitative estimate of drug-likeness (QED) is 0.598. The topological polar surface area (TPSA) is 73.8 Å². The Bertz CT molecular complexity index is 574. The number of benzene rings is 1. The molecule has 0 N–H and O–H groups in total. The van der Waals surface area contributed by atoms with Gasteiger partial charge in [0.05, 0.1) is 4.92 Å². The van der Waals surface area contributed by atoms with E-state index in [9.17, 15) is 10.1 Å². The van der Waals surface area contributed by atoms with Crippen LogP contribution < -0.4 is 0 Å². The number of nitro groups is 1. The molecule has 0 radical (unpaired) electrons. The molecule has 1 aromatic heterocycles. The highest BCUT2D eigenvalue weighted by molar-refractivity contribution is 5.59. The van der Waals surface area contributed by atoms with Crippen molar-refractivity contribution < 1.29 is 4.92 Å². The smallest absolute Gasteiger partial charge is 0.270 e. The number of nitro benzene ring substituents is 1. The Labute approximate surface area is 97.1 Å². The summed E-state index contributed by atoms with van der Waals surface area (Å²) in [6.07, 6.45) is 3.94. The third-order valence-electron chi connectivity index (χ3n) is 2.83. The van der Waals surface area contributed by atoms with Gasteiger partial charge in [0.1, 0.15) is 6.33 Å². The molecule has 3 rings (SSSR count). The summed E-state index contributed by atoms with van der Waals surface area (Å²) in [6, 6.07) is 6.94. The van der Waals surface area contributed by atoms with Crippen LogP contribution in [-0.4, -0.2) is 19.7 Å². The van der Waals surface area contributed by atoms with E-state index < -0.39 is 4.92 Å². The molecule has 0 unspecified atom stereocenters. The van der Waals surface area contributed by atoms with Crippen molar-refractivity contribution in [3.05, 3.63) is 40.7 Å². The number of non-ortho nitro benzene ring substituents is 1. The third kappa shape index (κ3) is 1.77. The van der Waals surface area contributed by atoms with Crippen LogP contribution in [0.5, 0.6) is 0 Å². The van der Waals surface area contributed by atoms with Crippen LogP contribution in [0.2, 0.25) is 0 Å². The standard InChI is InChI=1S/C11H10N4O2/c16-15(17)10-3-1-2-8(6-10)11-13-12-7-14(11)9-4-5-9/h1-3,6-7,9H,4-5H2. The molecule has 1 heterocycles. The predicted molar refractivity (Wildman–Crippen MR) is 60.4 cm³/mol. The summed E-state index contributed by atoms with van der Waals surface area (Å²) in [7, 11) is 0. The highest BCUT2D eigenvalue weighted by Crippen LogP contribution is 2.37. The van der Waals surface area contributed by atoms with Crippen LogP contribution in [0.1, 0.15) is 18.9 Å². The zero-order valence-corrected chi connectivity index (χ0v) is 8.98. The van der Waals surface area contributed by atoms with Gasteiger partial charge in [0, 0.05) is 23.7 Å². The van der Waals surface area contributed by atoms with Gasteiger partial charge in [-0.25, -0.2) is 0 Å². The van der Waals surface area contributed by atoms with Crippen LogP contribution in [0.25, 0.3) is 11.4 Å². The van der Waals surface area contributed by atoms with Gasteiger partial charge in [-0.2, -0.15) is 0 Å². The second-order valence-electron chi connectivity index (χ2n) is 4.10. The molecule has 0 atom stereocenters. The summed E-state index contributed by atoms with van der Waals surface area (Å²) >= 11 is 0. The first-order valence-electron chi connectivity index (χ1n) is 5.40. The fourth-order valence-electron chi connectivity index (χ4n) is 1.83. The minimum Gasteiger partial charge on any atom is -0.310 e. The van der Waals surface area contributed by atoms with Gasteiger partial charge in [-0.1, -0.05) is 12.1 Å². The summed E-state index contributed by atoms with van der Waals surface area (Å²) in [5, 5.41) is 18.6. The second-order valence-corrected chi connectivity index (χ2v) is 4.10. The Balaban J connectivity index is 2.05. The summed E-state index contributed by atoms with van der Waals surface area (Å²) in [4.78, 5) is 10.3. The van der Waals surface area contributed by atoms with Gasteiger partial charge in [-0.15, -0.1) is 10.2 Å². The number of nitrogens with zero attached hydrogens (tertiary/aromatic N) is 4. The Hall–Kier alpha value is -2.24. The van der Waals surface area contributed by atoms with E-state index in [0.29, 0.717) is 11.9 Å². The SMILES string of the molecule is O=[N+]([O-])c1cccc(-c2nncn2C2CC2)c1. The van der Waals surface area contributed by atoms with Gasteiger partial charge in [0.15, 0.2) is 5.82 Å². The fraction of sp³-hybridized carbons (Fsp3) is 0.273. The molecule has 0 aliphatic heterocycles. The molecule has 86 valence electrons. The molecule has 17 heavy (non-hydrogen) atoms. The van der Waals surface area contributed by atoms with E-state index in [4.69, 9.17) is 0 Å². The molecule has 1 aliphatic carbocycles. The maximum atomic E-state index is 10.7. The van der Waals surface area contributed by atoms with Crippen LogP contribution in [0.15, 0.2) is 30.6 Å². The van der Waals surface area contributed by atoms with E-state index in [2.05, 4.69) is 10.2 Å². The van der Waals surface area contributed by atoms with Gasteiger partial charge in [-0.3, -0.25) is 10.1 Å². The molecular formula is C11H10N4O2. The molecule has 0 saturated heterocycles. The number of rotatable bonds is 3. The highest BCUT2D eigenvalue weighted by Gasteiger charge is 2.26. The first-order valence-corrected chi connectivity index (χ1v) is 5.40. The van der Waals surface area contributed by atoms with Gasteiger partial charge < -0.3 is 4.57 Å². The normalized spacial score (nSPS) is 14.8. The van der Waals surface area contributed by atoms with Crippen LogP contribution in [-0.2, 0) is 0 Å². The Morgan fingerprint density at radius 3 is 2.94 bits per heavy atom. The lowest BCUT2D eigenvalue weighted by atomic mass is 10.2. The molecule has 1 aromatic carbocycles. The molecule has 6 nitrogen and oxygen atoms in total. The van der Waals surface area contributed by atoms with Crippen LogP contribution in [0.3, 0.4) is 0 Å². The van der Waals surface area contributed by atoms with E-state index in [1.807, 2.05) is 10.6 Å². The van der Waals surface area contributed by atoms with Gasteiger partial charge in [0.2, 0.25) is 0 Å². The maximum absolute atomic E-state index is 10.7. The first kappa shape index (κ1) is 9.95. The minimum atomic E-state index is -0.401. The number of aromatic nitrogens is 3. The fourth-order valence-corrected chi connectivity index (χ4v) is 1.83. The lowest BCUT2D eigenvalue weighted by Crippen LogP contribution is -1.96. The van der Waals surface area contributed by atoms with E-state index in [0.717, 1.165) is 18.4 Å². The molecule has 1 fully saturated rings. The van der Waals surface area contributed by atoms with Gasteiger partial charge in [0.25, 0.3) is 5.69 Å². The Kier molecular flexibility index (Phi) is 2.14. The second kappa shape index (κ2) is 3.65. The van der Waals surface area contributed by atoms with Crippen molar-refractivity contribution >= 4 is 5.69 Å². The Morgan fingerprint density at radius 1 is 1.41 bits per heavy atom. The maximum Gasteiger partial charge on any atom is 0.270 e. The van der Waals surface area contributed by atoms with Crippen molar-refractivity contribution in [1.29, 1.82) is 0 Å². The lowest BCUT2D eigenvalue weighted by Gasteiger charge is -2.03. The summed E-state index contributed by atoms with van der Waals surface area (Å²) in [5.41, 5.74) is 0.816. The van der Waals surface area contributed by atoms with E-state index in [1.54, 1.807) is 12.4 Å². The molecular weight excluding hydrogens is 220 g/mol. The van der Waals surface area contributed by atoms with Crippen molar-refractivity contribution in [2.45, 2.75) is 18.9 Å². The van der Waals surface area contributed by atoms with Crippen LogP contribution in [0, 0.1) is 10.1 Å². The van der Waals surface area contributed by atoms with Crippen molar-refractivity contribution in [3.8, 4) is 11.4 Å².